The molecule has 2 atom stereocenters. The second-order valence-electron chi connectivity index (χ2n) is 17.0. The van der Waals surface area contributed by atoms with Gasteiger partial charge < -0.3 is 40.6 Å². The number of hydrogen-bond donors (Lipinski definition) is 4. The molecule has 348 valence electrons. The summed E-state index contributed by atoms with van der Waals surface area (Å²) >= 11 is 0. The lowest BCUT2D eigenvalue weighted by atomic mass is 9.77. The molecule has 4 aromatic heterocycles. The van der Waals surface area contributed by atoms with Gasteiger partial charge in [-0.15, -0.1) is 0 Å². The van der Waals surface area contributed by atoms with Crippen molar-refractivity contribution in [2.75, 3.05) is 49.5 Å². The summed E-state index contributed by atoms with van der Waals surface area (Å²) in [6.45, 7) is 9.66. The van der Waals surface area contributed by atoms with Crippen molar-refractivity contribution in [1.29, 1.82) is 0 Å². The third-order valence-electron chi connectivity index (χ3n) is 12.1. The van der Waals surface area contributed by atoms with Crippen LogP contribution in [0.5, 0.6) is 23.0 Å². The minimum absolute atomic E-state index is 0.0753. The largest absolute Gasteiger partial charge is 0.494 e. The monoisotopic (exact) mass is 930 g/mol. The van der Waals surface area contributed by atoms with Gasteiger partial charge in [0.15, 0.2) is 27.3 Å². The van der Waals surface area contributed by atoms with E-state index in [-0.39, 0.29) is 17.3 Å². The Morgan fingerprint density at radius 2 is 1.25 bits per heavy atom. The standard InChI is InChI=1S/C25H27N5O6S.C22H23N5O3/c1-4-35-16-6-7-17-19(11-16)36-10-9-25(17)12-18-22(24(32)28-25)23(27-21(31)14-37(3,33)34)30(29-18)20-8-5-15(2)13-26-20;1-3-29-14-5-6-15-17(10-14)30-9-8-22(15)11-16-19(21(28)25-22)20(23)27(26-16)18-7-4-13(2)12-24-18/h5-8,11,13H,4,9-10,12,14H2,1-3H3,(H,27,31)(H,28,32);4-7,10,12H,3,8-9,11,23H2,1-2H3,(H,25,28)/t25-;22-/m00/s1. The number of nitrogen functional groups attached to an aromatic ring is 1. The van der Waals surface area contributed by atoms with Crippen molar-refractivity contribution in [3.8, 4) is 34.6 Å². The number of aryl methyl sites for hydroxylation is 2. The van der Waals surface area contributed by atoms with Crippen molar-refractivity contribution in [2.24, 2.45) is 0 Å². The van der Waals surface area contributed by atoms with E-state index in [0.717, 1.165) is 40.0 Å². The highest BCUT2D eigenvalue weighted by molar-refractivity contribution is 7.91. The molecule has 0 saturated carbocycles. The Kier molecular flexibility index (Phi) is 11.6. The van der Waals surface area contributed by atoms with Gasteiger partial charge in [-0.05, 0) is 75.2 Å². The number of anilines is 2. The number of sulfone groups is 1. The molecule has 19 nitrogen and oxygen atoms in total. The molecular weight excluding hydrogens is 881 g/mol. The maximum absolute atomic E-state index is 13.6. The summed E-state index contributed by atoms with van der Waals surface area (Å²) in [5, 5.41) is 18.3. The Balaban J connectivity index is 0.000000171. The minimum atomic E-state index is -3.59. The van der Waals surface area contributed by atoms with E-state index in [4.69, 9.17) is 24.7 Å². The van der Waals surface area contributed by atoms with Gasteiger partial charge in [0, 0.05) is 67.6 Å². The second-order valence-corrected chi connectivity index (χ2v) is 19.2. The van der Waals surface area contributed by atoms with Gasteiger partial charge in [0.2, 0.25) is 5.91 Å². The van der Waals surface area contributed by atoms with Crippen LogP contribution in [0.4, 0.5) is 11.6 Å². The first-order valence-corrected chi connectivity index (χ1v) is 23.9. The number of benzene rings is 2. The van der Waals surface area contributed by atoms with E-state index in [1.165, 1.54) is 4.68 Å². The number of rotatable bonds is 9. The Bertz CT molecular complexity index is 3040. The molecule has 0 saturated heterocycles. The van der Waals surface area contributed by atoms with Crippen molar-refractivity contribution in [3.05, 3.63) is 118 Å². The van der Waals surface area contributed by atoms with Gasteiger partial charge in [0.1, 0.15) is 45.7 Å². The lowest BCUT2D eigenvalue weighted by molar-refractivity contribution is -0.113. The summed E-state index contributed by atoms with van der Waals surface area (Å²) in [7, 11) is -3.59. The summed E-state index contributed by atoms with van der Waals surface area (Å²) < 4.78 is 49.3. The van der Waals surface area contributed by atoms with E-state index in [9.17, 15) is 22.8 Å². The lowest BCUT2D eigenvalue weighted by Crippen LogP contribution is -2.53. The summed E-state index contributed by atoms with van der Waals surface area (Å²) in [4.78, 5) is 48.1. The van der Waals surface area contributed by atoms with E-state index in [1.54, 1.807) is 23.1 Å². The molecule has 10 rings (SSSR count). The van der Waals surface area contributed by atoms with Crippen LogP contribution in [-0.2, 0) is 38.6 Å². The van der Waals surface area contributed by atoms with Crippen LogP contribution >= 0.6 is 0 Å². The first kappa shape index (κ1) is 44.7. The molecule has 0 bridgehead atoms. The molecule has 8 heterocycles. The van der Waals surface area contributed by atoms with Gasteiger partial charge in [-0.25, -0.2) is 18.4 Å². The van der Waals surface area contributed by atoms with Crippen LogP contribution in [0.25, 0.3) is 11.6 Å². The van der Waals surface area contributed by atoms with E-state index < -0.39 is 38.5 Å². The average molecular weight is 931 g/mol. The molecule has 67 heavy (non-hydrogen) atoms. The van der Waals surface area contributed by atoms with Crippen molar-refractivity contribution in [1.82, 2.24) is 40.2 Å². The van der Waals surface area contributed by atoms with E-state index >= 15 is 0 Å². The number of nitrogens with zero attached hydrogens (tertiary/aromatic N) is 6. The Labute approximate surface area is 386 Å². The van der Waals surface area contributed by atoms with E-state index in [0.29, 0.717) is 98.0 Å². The van der Waals surface area contributed by atoms with Crippen molar-refractivity contribution in [3.63, 3.8) is 0 Å². The van der Waals surface area contributed by atoms with Gasteiger partial charge in [0.05, 0.1) is 48.9 Å². The lowest BCUT2D eigenvalue weighted by Gasteiger charge is -2.41. The number of nitrogens with one attached hydrogen (secondary N) is 3. The first-order chi connectivity index (χ1) is 32.1. The fourth-order valence-electron chi connectivity index (χ4n) is 9.04. The third-order valence-corrected chi connectivity index (χ3v) is 12.8. The number of nitrogens with two attached hydrogens (primary N) is 1. The highest BCUT2D eigenvalue weighted by atomic mass is 32.2. The molecule has 2 aromatic carbocycles. The van der Waals surface area contributed by atoms with Crippen LogP contribution in [0.15, 0.2) is 73.1 Å². The molecule has 4 aliphatic rings. The van der Waals surface area contributed by atoms with Crippen LogP contribution in [-0.4, -0.2) is 94.1 Å². The summed E-state index contributed by atoms with van der Waals surface area (Å²) in [5.41, 5.74) is 10.4. The quantitative estimate of drug-likeness (QED) is 0.157. The zero-order chi connectivity index (χ0) is 47.3. The number of hydrogen-bond acceptors (Lipinski definition) is 14. The molecule has 0 aliphatic carbocycles. The van der Waals surface area contributed by atoms with Crippen LogP contribution < -0.4 is 40.6 Å². The van der Waals surface area contributed by atoms with Gasteiger partial charge in [-0.3, -0.25) is 14.4 Å². The molecule has 0 fully saturated rings. The molecule has 2 spiro atoms. The predicted molar refractivity (Wildman–Crippen MR) is 246 cm³/mol. The van der Waals surface area contributed by atoms with E-state index in [1.807, 2.05) is 82.3 Å². The molecule has 6 aromatic rings. The number of fused-ring (bicyclic) bond motifs is 6. The number of aromatic nitrogens is 6. The van der Waals surface area contributed by atoms with Crippen LogP contribution in [0.1, 0.15) is 81.0 Å². The van der Waals surface area contributed by atoms with Gasteiger partial charge in [-0.1, -0.05) is 12.1 Å². The van der Waals surface area contributed by atoms with Gasteiger partial charge >= 0.3 is 0 Å². The third kappa shape index (κ3) is 8.59. The molecule has 5 N–H and O–H groups in total. The predicted octanol–water partition coefficient (Wildman–Crippen LogP) is 4.44. The zero-order valence-electron chi connectivity index (χ0n) is 37.6. The second kappa shape index (κ2) is 17.4. The summed E-state index contributed by atoms with van der Waals surface area (Å²) in [6, 6.07) is 18.6. The molecule has 4 aliphatic heterocycles. The summed E-state index contributed by atoms with van der Waals surface area (Å²) in [6.07, 6.45) is 6.40. The fourth-order valence-corrected chi connectivity index (χ4v) is 9.59. The van der Waals surface area contributed by atoms with E-state index in [2.05, 4.69) is 36.1 Å². The molecule has 0 unspecified atom stereocenters. The number of amides is 3. The van der Waals surface area contributed by atoms with Crippen LogP contribution in [0, 0.1) is 13.8 Å². The number of ether oxygens (including phenoxy) is 4. The Morgan fingerprint density at radius 3 is 1.75 bits per heavy atom. The maximum atomic E-state index is 13.6. The zero-order valence-corrected chi connectivity index (χ0v) is 38.5. The SMILES string of the molecule is CCOc1ccc2c(c1)OCC[C@]21Cc2nn(-c3ccc(C)cn3)c(N)c2C(=O)N1.CCOc1ccc2c(c1)OCC[C@]21Cc2nn(-c3ccc(C)cn3)c(NC(=O)CS(C)(=O)=O)c2C(=O)N1. The first-order valence-electron chi connectivity index (χ1n) is 21.9. The van der Waals surface area contributed by atoms with Crippen molar-refractivity contribution in [2.45, 2.75) is 64.5 Å². The smallest absolute Gasteiger partial charge is 0.257 e. The van der Waals surface area contributed by atoms with Crippen molar-refractivity contribution < 1.29 is 41.7 Å². The minimum Gasteiger partial charge on any atom is -0.494 e. The number of carbonyl (C=O) groups is 3. The summed E-state index contributed by atoms with van der Waals surface area (Å²) in [5.74, 6) is 1.95. The molecule has 0 radical (unpaired) electrons. The average Bonchev–Trinajstić information content (AvgIpc) is 3.80. The van der Waals surface area contributed by atoms with Gasteiger partial charge in [-0.2, -0.15) is 19.6 Å². The van der Waals surface area contributed by atoms with Crippen LogP contribution in [0.2, 0.25) is 0 Å². The van der Waals surface area contributed by atoms with Crippen LogP contribution in [0.3, 0.4) is 0 Å². The normalized spacial score (nSPS) is 18.9. The highest BCUT2D eigenvalue weighted by Gasteiger charge is 2.48. The van der Waals surface area contributed by atoms with Crippen molar-refractivity contribution >= 4 is 39.2 Å². The number of carbonyl (C=O) groups excluding carboxylic acids is 3. The molecule has 3 amide bonds. The highest BCUT2D eigenvalue weighted by Crippen LogP contribution is 2.46. The Hall–Kier alpha value is -7.48. The fraction of sp³-hybridized carbons (Fsp3) is 0.340. The Morgan fingerprint density at radius 1 is 0.761 bits per heavy atom. The maximum Gasteiger partial charge on any atom is 0.257 e. The number of pyridine rings is 2. The molecule has 20 heteroatoms. The van der Waals surface area contributed by atoms with Gasteiger partial charge in [0.25, 0.3) is 11.8 Å². The topological polar surface area (TPSA) is 246 Å². The molecular formula is C47H50N10O9S.